The van der Waals surface area contributed by atoms with Crippen molar-refractivity contribution in [2.75, 3.05) is 6.61 Å². The lowest BCUT2D eigenvalue weighted by Gasteiger charge is -2.11. The van der Waals surface area contributed by atoms with Gasteiger partial charge in [0.1, 0.15) is 0 Å². The second-order valence-corrected chi connectivity index (χ2v) is 5.19. The monoisotopic (exact) mass is 314 g/mol. The van der Waals surface area contributed by atoms with Crippen molar-refractivity contribution >= 4 is 11.6 Å². The minimum Gasteiger partial charge on any atom is -0.396 e. The molecule has 5 heteroatoms. The molecule has 0 fully saturated rings. The minimum absolute atomic E-state index is 0.0749. The lowest BCUT2D eigenvalue weighted by Crippen LogP contribution is -2.06. The molecule has 0 saturated heterocycles. The first kappa shape index (κ1) is 15.9. The highest BCUT2D eigenvalue weighted by Gasteiger charge is 2.33. The molecular weight excluding hydrogens is 301 g/mol. The quantitative estimate of drug-likeness (QED) is 0.882. The fourth-order valence-electron chi connectivity index (χ4n) is 2.09. The zero-order valence-corrected chi connectivity index (χ0v) is 11.9. The van der Waals surface area contributed by atoms with Gasteiger partial charge >= 0.3 is 6.18 Å². The van der Waals surface area contributed by atoms with Crippen molar-refractivity contribution in [3.05, 3.63) is 69.7 Å². The topological polar surface area (TPSA) is 20.2 Å². The second kappa shape index (κ2) is 6.50. The summed E-state index contributed by atoms with van der Waals surface area (Å²) in [7, 11) is 0. The first-order valence-corrected chi connectivity index (χ1v) is 6.82. The Balaban J connectivity index is 2.20. The highest BCUT2D eigenvalue weighted by molar-refractivity contribution is 6.31. The van der Waals surface area contributed by atoms with Crippen LogP contribution in [-0.4, -0.2) is 11.7 Å². The predicted molar refractivity (Wildman–Crippen MR) is 76.5 cm³/mol. The Hall–Kier alpha value is -1.52. The van der Waals surface area contributed by atoms with Gasteiger partial charge in [-0.2, -0.15) is 13.2 Å². The van der Waals surface area contributed by atoms with Gasteiger partial charge in [-0.15, -0.1) is 0 Å². The van der Waals surface area contributed by atoms with E-state index in [-0.39, 0.29) is 11.6 Å². The SMILES string of the molecule is OCCc1ccc(Cc2ccc(Cl)c(C(F)(F)F)c2)cc1. The number of benzene rings is 2. The summed E-state index contributed by atoms with van der Waals surface area (Å²) in [5, 5.41) is 8.55. The van der Waals surface area contributed by atoms with E-state index in [2.05, 4.69) is 0 Å². The van der Waals surface area contributed by atoms with Crippen LogP contribution in [0.25, 0.3) is 0 Å². The third-order valence-corrected chi connectivity index (χ3v) is 3.50. The van der Waals surface area contributed by atoms with Crippen molar-refractivity contribution in [1.82, 2.24) is 0 Å². The summed E-state index contributed by atoms with van der Waals surface area (Å²) in [5.74, 6) is 0. The van der Waals surface area contributed by atoms with Crippen molar-refractivity contribution < 1.29 is 18.3 Å². The number of alkyl halides is 3. The molecule has 0 unspecified atom stereocenters. The molecule has 112 valence electrons. The zero-order chi connectivity index (χ0) is 15.5. The molecule has 21 heavy (non-hydrogen) atoms. The van der Waals surface area contributed by atoms with Crippen LogP contribution in [-0.2, 0) is 19.0 Å². The Labute approximate surface area is 126 Å². The molecule has 1 N–H and O–H groups in total. The van der Waals surface area contributed by atoms with Gasteiger partial charge in [-0.25, -0.2) is 0 Å². The fraction of sp³-hybridized carbons (Fsp3) is 0.250. The molecule has 2 aromatic carbocycles. The van der Waals surface area contributed by atoms with E-state index in [4.69, 9.17) is 16.7 Å². The van der Waals surface area contributed by atoms with E-state index in [9.17, 15) is 13.2 Å². The van der Waals surface area contributed by atoms with Gasteiger partial charge in [-0.05, 0) is 41.7 Å². The van der Waals surface area contributed by atoms with Crippen LogP contribution in [0.2, 0.25) is 5.02 Å². The molecule has 0 aliphatic carbocycles. The molecule has 0 atom stereocenters. The van der Waals surface area contributed by atoms with Gasteiger partial charge in [-0.1, -0.05) is 41.9 Å². The molecule has 1 nitrogen and oxygen atoms in total. The maximum absolute atomic E-state index is 12.8. The highest BCUT2D eigenvalue weighted by atomic mass is 35.5. The molecule has 0 bridgehead atoms. The van der Waals surface area contributed by atoms with E-state index in [1.165, 1.54) is 6.07 Å². The smallest absolute Gasteiger partial charge is 0.396 e. The maximum atomic E-state index is 12.8. The molecule has 0 aliphatic heterocycles. The number of hydrogen-bond donors (Lipinski definition) is 1. The largest absolute Gasteiger partial charge is 0.417 e. The summed E-state index contributed by atoms with van der Waals surface area (Å²) in [6.45, 7) is 0.0749. The molecular formula is C16H14ClF3O. The molecule has 0 aliphatic rings. The lowest BCUT2D eigenvalue weighted by atomic mass is 10.0. The summed E-state index contributed by atoms with van der Waals surface area (Å²) >= 11 is 5.60. The Morgan fingerprint density at radius 1 is 0.905 bits per heavy atom. The Kier molecular flexibility index (Phi) is 4.91. The van der Waals surface area contributed by atoms with Gasteiger partial charge < -0.3 is 5.11 Å². The van der Waals surface area contributed by atoms with Crippen molar-refractivity contribution in [3.63, 3.8) is 0 Å². The zero-order valence-electron chi connectivity index (χ0n) is 11.1. The van der Waals surface area contributed by atoms with Crippen molar-refractivity contribution in [2.45, 2.75) is 19.0 Å². The van der Waals surface area contributed by atoms with Crippen LogP contribution in [0.15, 0.2) is 42.5 Å². The van der Waals surface area contributed by atoms with Crippen LogP contribution >= 0.6 is 11.6 Å². The third-order valence-electron chi connectivity index (χ3n) is 3.17. The molecule has 0 radical (unpaired) electrons. The van der Waals surface area contributed by atoms with Gasteiger partial charge in [0.25, 0.3) is 0 Å². The number of rotatable bonds is 4. The van der Waals surface area contributed by atoms with Crippen LogP contribution in [0.5, 0.6) is 0 Å². The summed E-state index contributed by atoms with van der Waals surface area (Å²) in [5.41, 5.74) is 1.65. The van der Waals surface area contributed by atoms with Gasteiger partial charge in [-0.3, -0.25) is 0 Å². The van der Waals surface area contributed by atoms with Crippen LogP contribution in [0.3, 0.4) is 0 Å². The van der Waals surface area contributed by atoms with E-state index < -0.39 is 11.7 Å². The molecule has 2 rings (SSSR count). The van der Waals surface area contributed by atoms with Gasteiger partial charge in [0.05, 0.1) is 10.6 Å². The first-order valence-electron chi connectivity index (χ1n) is 6.44. The van der Waals surface area contributed by atoms with E-state index in [0.717, 1.165) is 17.2 Å². The van der Waals surface area contributed by atoms with Crippen LogP contribution in [0, 0.1) is 0 Å². The number of hydrogen-bond acceptors (Lipinski definition) is 1. The normalized spacial score (nSPS) is 11.7. The first-order chi connectivity index (χ1) is 9.90. The molecule has 0 amide bonds. The fourth-order valence-corrected chi connectivity index (χ4v) is 2.31. The van der Waals surface area contributed by atoms with E-state index in [0.29, 0.717) is 18.4 Å². The van der Waals surface area contributed by atoms with Crippen molar-refractivity contribution in [3.8, 4) is 0 Å². The molecule has 0 spiro atoms. The van der Waals surface area contributed by atoms with E-state index in [1.54, 1.807) is 6.07 Å². The summed E-state index contributed by atoms with van der Waals surface area (Å²) in [6.07, 6.45) is -3.48. The Bertz CT molecular complexity index is 606. The summed E-state index contributed by atoms with van der Waals surface area (Å²) in [6, 6.07) is 11.4. The van der Waals surface area contributed by atoms with Crippen LogP contribution < -0.4 is 0 Å². The predicted octanol–water partition coefficient (Wildman–Crippen LogP) is 4.48. The molecule has 2 aromatic rings. The van der Waals surface area contributed by atoms with Crippen LogP contribution in [0.1, 0.15) is 22.3 Å². The van der Waals surface area contributed by atoms with E-state index >= 15 is 0 Å². The standard InChI is InChI=1S/C16H14ClF3O/c17-15-6-5-13(10-14(15)16(18,19)20)9-12-3-1-11(2-4-12)7-8-21/h1-6,10,21H,7-9H2. The van der Waals surface area contributed by atoms with Gasteiger partial charge in [0.15, 0.2) is 0 Å². The Morgan fingerprint density at radius 2 is 1.48 bits per heavy atom. The molecule has 0 saturated carbocycles. The Morgan fingerprint density at radius 3 is 2.05 bits per heavy atom. The summed E-state index contributed by atoms with van der Waals surface area (Å²) in [4.78, 5) is 0. The highest BCUT2D eigenvalue weighted by Crippen LogP contribution is 2.35. The minimum atomic E-state index is -4.45. The maximum Gasteiger partial charge on any atom is 0.417 e. The average Bonchev–Trinajstić information content (AvgIpc) is 2.42. The summed E-state index contributed by atoms with van der Waals surface area (Å²) < 4.78 is 38.4. The number of aliphatic hydroxyl groups excluding tert-OH is 1. The van der Waals surface area contributed by atoms with E-state index in [1.807, 2.05) is 24.3 Å². The molecule has 0 aromatic heterocycles. The number of aliphatic hydroxyl groups is 1. The van der Waals surface area contributed by atoms with Crippen molar-refractivity contribution in [1.29, 1.82) is 0 Å². The molecule has 0 heterocycles. The third kappa shape index (κ3) is 4.22. The lowest BCUT2D eigenvalue weighted by molar-refractivity contribution is -0.137. The van der Waals surface area contributed by atoms with Crippen LogP contribution in [0.4, 0.5) is 13.2 Å². The second-order valence-electron chi connectivity index (χ2n) is 4.78. The van der Waals surface area contributed by atoms with Gasteiger partial charge in [0.2, 0.25) is 0 Å². The number of halogens is 4. The van der Waals surface area contributed by atoms with Gasteiger partial charge in [0, 0.05) is 6.61 Å². The average molecular weight is 315 g/mol. The van der Waals surface area contributed by atoms with Crippen molar-refractivity contribution in [2.24, 2.45) is 0 Å².